The van der Waals surface area contributed by atoms with Crippen molar-refractivity contribution in [2.45, 2.75) is 19.3 Å². The molecule has 0 N–H and O–H groups in total. The fourth-order valence-corrected chi connectivity index (χ4v) is 3.46. The van der Waals surface area contributed by atoms with Crippen LogP contribution in [0.3, 0.4) is 0 Å². The SMILES string of the molecule is C[C@H](c1ccccc1)[C@H]1CC(=O)N(c2ccc3ccccc3n2)C1=O. The van der Waals surface area contributed by atoms with E-state index in [0.717, 1.165) is 16.5 Å². The fraction of sp³-hybridized carbons (Fsp3) is 0.190. The molecular weight excluding hydrogens is 312 g/mol. The van der Waals surface area contributed by atoms with Crippen LogP contribution >= 0.6 is 0 Å². The number of nitrogens with zero attached hydrogens (tertiary/aromatic N) is 2. The number of anilines is 1. The van der Waals surface area contributed by atoms with Gasteiger partial charge in [-0.05, 0) is 29.7 Å². The Hall–Kier alpha value is -3.01. The van der Waals surface area contributed by atoms with E-state index in [4.69, 9.17) is 0 Å². The molecule has 0 saturated carbocycles. The number of carbonyl (C=O) groups is 2. The predicted octanol–water partition coefficient (Wildman–Crippen LogP) is 3.92. The zero-order valence-electron chi connectivity index (χ0n) is 13.9. The summed E-state index contributed by atoms with van der Waals surface area (Å²) in [6.45, 7) is 2.00. The lowest BCUT2D eigenvalue weighted by Gasteiger charge is -2.19. The van der Waals surface area contributed by atoms with Gasteiger partial charge in [0, 0.05) is 11.8 Å². The van der Waals surface area contributed by atoms with Crippen LogP contribution in [0.25, 0.3) is 10.9 Å². The van der Waals surface area contributed by atoms with Gasteiger partial charge in [0.1, 0.15) is 5.82 Å². The van der Waals surface area contributed by atoms with Gasteiger partial charge >= 0.3 is 0 Å². The molecule has 3 aromatic rings. The number of pyridine rings is 1. The normalized spacial score (nSPS) is 18.8. The first-order valence-electron chi connectivity index (χ1n) is 8.42. The summed E-state index contributed by atoms with van der Waals surface area (Å²) >= 11 is 0. The van der Waals surface area contributed by atoms with Gasteiger partial charge in [-0.1, -0.05) is 55.5 Å². The number of para-hydroxylation sites is 1. The van der Waals surface area contributed by atoms with Crippen molar-refractivity contribution >= 4 is 28.5 Å². The Labute approximate surface area is 146 Å². The van der Waals surface area contributed by atoms with E-state index in [1.54, 1.807) is 6.07 Å². The number of carbonyl (C=O) groups excluding carboxylic acids is 2. The number of rotatable bonds is 3. The van der Waals surface area contributed by atoms with Gasteiger partial charge in [0.2, 0.25) is 11.8 Å². The van der Waals surface area contributed by atoms with Crippen molar-refractivity contribution in [1.29, 1.82) is 0 Å². The quantitative estimate of drug-likeness (QED) is 0.684. The number of imide groups is 1. The Balaban J connectivity index is 1.66. The molecule has 1 aliphatic rings. The van der Waals surface area contributed by atoms with E-state index in [2.05, 4.69) is 4.98 Å². The zero-order chi connectivity index (χ0) is 17.4. The van der Waals surface area contributed by atoms with Crippen molar-refractivity contribution in [1.82, 2.24) is 4.98 Å². The van der Waals surface area contributed by atoms with Gasteiger partial charge in [0.05, 0.1) is 11.4 Å². The molecule has 0 radical (unpaired) electrons. The molecule has 1 aliphatic heterocycles. The highest BCUT2D eigenvalue weighted by molar-refractivity contribution is 6.20. The van der Waals surface area contributed by atoms with Crippen LogP contribution in [-0.4, -0.2) is 16.8 Å². The number of aromatic nitrogens is 1. The lowest BCUT2D eigenvalue weighted by atomic mass is 9.86. The largest absolute Gasteiger partial charge is 0.274 e. The Morgan fingerprint density at radius 2 is 1.68 bits per heavy atom. The third-order valence-electron chi connectivity index (χ3n) is 4.92. The minimum absolute atomic E-state index is 0.0110. The second kappa shape index (κ2) is 6.13. The summed E-state index contributed by atoms with van der Waals surface area (Å²) in [5, 5.41) is 0.986. The van der Waals surface area contributed by atoms with E-state index in [-0.39, 0.29) is 30.1 Å². The highest BCUT2D eigenvalue weighted by atomic mass is 16.2. The maximum Gasteiger partial charge on any atom is 0.239 e. The minimum Gasteiger partial charge on any atom is -0.274 e. The van der Waals surface area contributed by atoms with Gasteiger partial charge in [0.15, 0.2) is 0 Å². The average molecular weight is 330 g/mol. The number of amides is 2. The smallest absolute Gasteiger partial charge is 0.239 e. The number of hydrogen-bond donors (Lipinski definition) is 0. The summed E-state index contributed by atoms with van der Waals surface area (Å²) in [6.07, 6.45) is 0.226. The van der Waals surface area contributed by atoms with Crippen molar-refractivity contribution in [3.63, 3.8) is 0 Å². The van der Waals surface area contributed by atoms with Gasteiger partial charge in [-0.2, -0.15) is 0 Å². The van der Waals surface area contributed by atoms with Gasteiger partial charge in [-0.25, -0.2) is 9.88 Å². The predicted molar refractivity (Wildman–Crippen MR) is 97.2 cm³/mol. The molecule has 0 bridgehead atoms. The zero-order valence-corrected chi connectivity index (χ0v) is 13.9. The molecule has 2 aromatic carbocycles. The van der Waals surface area contributed by atoms with E-state index < -0.39 is 0 Å². The van der Waals surface area contributed by atoms with Gasteiger partial charge in [0.25, 0.3) is 0 Å². The second-order valence-corrected chi connectivity index (χ2v) is 6.44. The maximum atomic E-state index is 12.9. The molecule has 2 atom stereocenters. The van der Waals surface area contributed by atoms with E-state index in [1.807, 2.05) is 67.6 Å². The van der Waals surface area contributed by atoms with Crippen molar-refractivity contribution < 1.29 is 9.59 Å². The first kappa shape index (κ1) is 15.5. The second-order valence-electron chi connectivity index (χ2n) is 6.44. The molecule has 0 spiro atoms. The summed E-state index contributed by atoms with van der Waals surface area (Å²) < 4.78 is 0. The number of fused-ring (bicyclic) bond motifs is 1. The minimum atomic E-state index is -0.344. The summed E-state index contributed by atoms with van der Waals surface area (Å²) in [4.78, 5) is 31.2. The molecule has 4 nitrogen and oxygen atoms in total. The molecule has 2 heterocycles. The average Bonchev–Trinajstić information content (AvgIpc) is 2.95. The van der Waals surface area contributed by atoms with Crippen molar-refractivity contribution in [2.75, 3.05) is 4.90 Å². The number of hydrogen-bond acceptors (Lipinski definition) is 3. The van der Waals surface area contributed by atoms with Gasteiger partial charge < -0.3 is 0 Å². The van der Waals surface area contributed by atoms with E-state index in [0.29, 0.717) is 5.82 Å². The first-order valence-corrected chi connectivity index (χ1v) is 8.42. The van der Waals surface area contributed by atoms with Crippen molar-refractivity contribution in [3.05, 3.63) is 72.3 Å². The molecule has 1 saturated heterocycles. The Morgan fingerprint density at radius 3 is 2.48 bits per heavy atom. The summed E-state index contributed by atoms with van der Waals surface area (Å²) in [6, 6.07) is 21.2. The maximum absolute atomic E-state index is 12.9. The van der Waals surface area contributed by atoms with Crippen LogP contribution in [0.15, 0.2) is 66.7 Å². The van der Waals surface area contributed by atoms with E-state index in [9.17, 15) is 9.59 Å². The van der Waals surface area contributed by atoms with Crippen LogP contribution in [-0.2, 0) is 9.59 Å². The molecular formula is C21H18N2O2. The van der Waals surface area contributed by atoms with Crippen LogP contribution in [0, 0.1) is 5.92 Å². The molecule has 4 heteroatoms. The van der Waals surface area contributed by atoms with Gasteiger partial charge in [-0.3, -0.25) is 9.59 Å². The molecule has 2 amide bonds. The van der Waals surface area contributed by atoms with Crippen LogP contribution in [0.4, 0.5) is 5.82 Å². The van der Waals surface area contributed by atoms with Gasteiger partial charge in [-0.15, -0.1) is 0 Å². The third-order valence-corrected chi connectivity index (χ3v) is 4.92. The molecule has 0 unspecified atom stereocenters. The molecule has 25 heavy (non-hydrogen) atoms. The first-order chi connectivity index (χ1) is 12.1. The Kier molecular flexibility index (Phi) is 3.80. The highest BCUT2D eigenvalue weighted by Gasteiger charge is 2.43. The van der Waals surface area contributed by atoms with Crippen molar-refractivity contribution in [3.8, 4) is 0 Å². The summed E-state index contributed by atoms with van der Waals surface area (Å²) in [7, 11) is 0. The number of benzene rings is 2. The molecule has 1 aromatic heterocycles. The topological polar surface area (TPSA) is 50.3 Å². The highest BCUT2D eigenvalue weighted by Crippen LogP contribution is 2.35. The fourth-order valence-electron chi connectivity index (χ4n) is 3.46. The lowest BCUT2D eigenvalue weighted by molar-refractivity contribution is -0.122. The molecule has 124 valence electrons. The monoisotopic (exact) mass is 330 g/mol. The standard InChI is InChI=1S/C21H18N2O2/c1-14(15-7-3-2-4-8-15)17-13-20(24)23(21(17)25)19-12-11-16-9-5-6-10-18(16)22-19/h2-12,14,17H,13H2,1H3/t14-,17-/m1/s1. The van der Waals surface area contributed by atoms with Crippen molar-refractivity contribution in [2.24, 2.45) is 5.92 Å². The molecule has 0 aliphatic carbocycles. The summed E-state index contributed by atoms with van der Waals surface area (Å²) in [5.41, 5.74) is 1.85. The molecule has 4 rings (SSSR count). The Bertz CT molecular complexity index is 952. The molecule has 1 fully saturated rings. The van der Waals surface area contributed by atoms with Crippen LogP contribution in [0.1, 0.15) is 24.8 Å². The van der Waals surface area contributed by atoms with E-state index >= 15 is 0 Å². The summed E-state index contributed by atoms with van der Waals surface area (Å²) in [5.74, 6) is -0.285. The van der Waals surface area contributed by atoms with Crippen LogP contribution in [0.5, 0.6) is 0 Å². The van der Waals surface area contributed by atoms with E-state index in [1.165, 1.54) is 4.90 Å². The lowest BCUT2D eigenvalue weighted by Crippen LogP contribution is -2.32. The van der Waals surface area contributed by atoms with Crippen LogP contribution in [0.2, 0.25) is 0 Å². The third kappa shape index (κ3) is 2.70. The Morgan fingerprint density at radius 1 is 0.960 bits per heavy atom. The van der Waals surface area contributed by atoms with Crippen LogP contribution < -0.4 is 4.90 Å².